The monoisotopic (exact) mass is 290 g/mol. The number of benzene rings is 1. The van der Waals surface area contributed by atoms with Gasteiger partial charge in [-0.1, -0.05) is 43.7 Å². The van der Waals surface area contributed by atoms with E-state index in [1.54, 1.807) is 0 Å². The van der Waals surface area contributed by atoms with E-state index >= 15 is 0 Å². The third-order valence-electron chi connectivity index (χ3n) is 4.64. The van der Waals surface area contributed by atoms with Crippen LogP contribution in [0.25, 0.3) is 0 Å². The molecular formula is C18H30N2O. The van der Waals surface area contributed by atoms with Gasteiger partial charge in [0.2, 0.25) is 0 Å². The second-order valence-corrected chi connectivity index (χ2v) is 6.53. The molecule has 1 saturated carbocycles. The number of hydrogen-bond acceptors (Lipinski definition) is 3. The summed E-state index contributed by atoms with van der Waals surface area (Å²) in [4.78, 5) is 2.38. The Bertz CT molecular complexity index is 405. The van der Waals surface area contributed by atoms with Crippen molar-refractivity contribution in [1.29, 1.82) is 0 Å². The molecular weight excluding hydrogens is 260 g/mol. The zero-order valence-corrected chi connectivity index (χ0v) is 13.5. The zero-order valence-electron chi connectivity index (χ0n) is 13.5. The van der Waals surface area contributed by atoms with E-state index in [9.17, 15) is 5.11 Å². The standard InChI is InChI=1S/C18H30N2O/c1-3-12-19-18(15-21,17-10-5-4-6-11-17)14-20(2)13-16-8-7-9-16/h4-6,10-11,16,19,21H,3,7-9,12-15H2,1-2H3. The van der Waals surface area contributed by atoms with Crippen molar-refractivity contribution in [3.8, 4) is 0 Å². The van der Waals surface area contributed by atoms with Crippen LogP contribution in [0.4, 0.5) is 0 Å². The van der Waals surface area contributed by atoms with Gasteiger partial charge in [0.1, 0.15) is 0 Å². The number of likely N-dealkylation sites (N-methyl/N-ethyl adjacent to an activating group) is 1. The van der Waals surface area contributed by atoms with Crippen LogP contribution in [-0.2, 0) is 5.54 Å². The van der Waals surface area contributed by atoms with Crippen molar-refractivity contribution in [2.24, 2.45) is 5.92 Å². The van der Waals surface area contributed by atoms with Gasteiger partial charge in [0.15, 0.2) is 0 Å². The van der Waals surface area contributed by atoms with Crippen LogP contribution in [0.5, 0.6) is 0 Å². The summed E-state index contributed by atoms with van der Waals surface area (Å²) >= 11 is 0. The quantitative estimate of drug-likeness (QED) is 0.734. The van der Waals surface area contributed by atoms with Crippen LogP contribution in [0.2, 0.25) is 0 Å². The fraction of sp³-hybridized carbons (Fsp3) is 0.667. The number of aliphatic hydroxyl groups is 1. The highest BCUT2D eigenvalue weighted by molar-refractivity contribution is 5.25. The van der Waals surface area contributed by atoms with Gasteiger partial charge in [0, 0.05) is 13.1 Å². The Hall–Kier alpha value is -0.900. The lowest BCUT2D eigenvalue weighted by atomic mass is 9.84. The smallest absolute Gasteiger partial charge is 0.0797 e. The minimum absolute atomic E-state index is 0.131. The van der Waals surface area contributed by atoms with Crippen molar-refractivity contribution >= 4 is 0 Å². The Morgan fingerprint density at radius 1 is 1.29 bits per heavy atom. The van der Waals surface area contributed by atoms with Gasteiger partial charge in [-0.25, -0.2) is 0 Å². The minimum atomic E-state index is -0.351. The van der Waals surface area contributed by atoms with Crippen LogP contribution in [0.15, 0.2) is 30.3 Å². The molecule has 118 valence electrons. The molecule has 21 heavy (non-hydrogen) atoms. The Morgan fingerprint density at radius 2 is 2.00 bits per heavy atom. The summed E-state index contributed by atoms with van der Waals surface area (Å²) in [5.74, 6) is 0.855. The minimum Gasteiger partial charge on any atom is -0.394 e. The fourth-order valence-electron chi connectivity index (χ4n) is 3.21. The van der Waals surface area contributed by atoms with E-state index in [4.69, 9.17) is 0 Å². The number of aliphatic hydroxyl groups excluding tert-OH is 1. The molecule has 0 saturated heterocycles. The zero-order chi connectivity index (χ0) is 15.1. The molecule has 1 aliphatic rings. The molecule has 0 spiro atoms. The lowest BCUT2D eigenvalue weighted by Crippen LogP contribution is -2.54. The highest BCUT2D eigenvalue weighted by Crippen LogP contribution is 2.28. The average molecular weight is 290 g/mol. The maximum absolute atomic E-state index is 10.1. The second-order valence-electron chi connectivity index (χ2n) is 6.53. The van der Waals surface area contributed by atoms with Gasteiger partial charge >= 0.3 is 0 Å². The van der Waals surface area contributed by atoms with Gasteiger partial charge in [0.25, 0.3) is 0 Å². The van der Waals surface area contributed by atoms with E-state index in [0.717, 1.165) is 32.0 Å². The number of rotatable bonds is 9. The van der Waals surface area contributed by atoms with Gasteiger partial charge in [-0.15, -0.1) is 0 Å². The maximum Gasteiger partial charge on any atom is 0.0797 e. The molecule has 0 amide bonds. The van der Waals surface area contributed by atoms with Gasteiger partial charge < -0.3 is 15.3 Å². The Balaban J connectivity index is 2.09. The molecule has 0 heterocycles. The molecule has 1 aromatic rings. The average Bonchev–Trinajstić information content (AvgIpc) is 2.48. The van der Waals surface area contributed by atoms with Crippen molar-refractivity contribution in [3.05, 3.63) is 35.9 Å². The van der Waals surface area contributed by atoms with Gasteiger partial charge in [-0.2, -0.15) is 0 Å². The van der Waals surface area contributed by atoms with Gasteiger partial charge in [-0.05, 0) is 44.3 Å². The number of hydrogen-bond donors (Lipinski definition) is 2. The summed E-state index contributed by atoms with van der Waals surface area (Å²) in [6.07, 6.45) is 5.19. The van der Waals surface area contributed by atoms with E-state index in [-0.39, 0.29) is 12.1 Å². The lowest BCUT2D eigenvalue weighted by Gasteiger charge is -2.39. The molecule has 1 aromatic carbocycles. The Kier molecular flexibility index (Phi) is 6.22. The summed E-state index contributed by atoms with van der Waals surface area (Å²) in [6.45, 7) is 5.21. The van der Waals surface area contributed by atoms with Crippen LogP contribution in [0, 0.1) is 5.92 Å². The molecule has 2 N–H and O–H groups in total. The molecule has 3 nitrogen and oxygen atoms in total. The van der Waals surface area contributed by atoms with Crippen molar-refractivity contribution in [2.45, 2.75) is 38.1 Å². The number of nitrogens with zero attached hydrogens (tertiary/aromatic N) is 1. The van der Waals surface area contributed by atoms with E-state index in [2.05, 4.69) is 48.5 Å². The van der Waals surface area contributed by atoms with E-state index in [1.165, 1.54) is 24.8 Å². The predicted molar refractivity (Wildman–Crippen MR) is 88.3 cm³/mol. The van der Waals surface area contributed by atoms with Crippen molar-refractivity contribution in [1.82, 2.24) is 10.2 Å². The Morgan fingerprint density at radius 3 is 2.52 bits per heavy atom. The third-order valence-corrected chi connectivity index (χ3v) is 4.64. The van der Waals surface area contributed by atoms with Gasteiger partial charge in [0.05, 0.1) is 12.1 Å². The first-order valence-corrected chi connectivity index (χ1v) is 8.30. The molecule has 0 radical (unpaired) electrons. The van der Waals surface area contributed by atoms with E-state index < -0.39 is 0 Å². The summed E-state index contributed by atoms with van der Waals surface area (Å²) in [5, 5.41) is 13.7. The van der Waals surface area contributed by atoms with Crippen LogP contribution < -0.4 is 5.32 Å². The molecule has 2 rings (SSSR count). The largest absolute Gasteiger partial charge is 0.394 e. The predicted octanol–water partition coefficient (Wildman–Crippen LogP) is 2.61. The SMILES string of the molecule is CCCNC(CO)(CN(C)CC1CCC1)c1ccccc1. The molecule has 1 unspecified atom stereocenters. The first kappa shape index (κ1) is 16.5. The number of nitrogens with one attached hydrogen (secondary N) is 1. The molecule has 3 heteroatoms. The fourth-order valence-corrected chi connectivity index (χ4v) is 3.21. The van der Waals surface area contributed by atoms with Crippen molar-refractivity contribution in [2.75, 3.05) is 33.3 Å². The van der Waals surface area contributed by atoms with Crippen LogP contribution >= 0.6 is 0 Å². The second kappa shape index (κ2) is 7.92. The molecule has 0 bridgehead atoms. The van der Waals surface area contributed by atoms with Crippen LogP contribution in [-0.4, -0.2) is 43.3 Å². The first-order valence-electron chi connectivity index (χ1n) is 8.30. The molecule has 1 aliphatic carbocycles. The third kappa shape index (κ3) is 4.29. The highest BCUT2D eigenvalue weighted by Gasteiger charge is 2.33. The van der Waals surface area contributed by atoms with E-state index in [0.29, 0.717) is 0 Å². The summed E-state index contributed by atoms with van der Waals surface area (Å²) < 4.78 is 0. The van der Waals surface area contributed by atoms with Gasteiger partial charge in [-0.3, -0.25) is 0 Å². The first-order chi connectivity index (χ1) is 10.2. The molecule has 0 aromatic heterocycles. The van der Waals surface area contributed by atoms with E-state index in [1.807, 2.05) is 6.07 Å². The summed E-state index contributed by atoms with van der Waals surface area (Å²) in [7, 11) is 2.18. The lowest BCUT2D eigenvalue weighted by molar-refractivity contribution is 0.101. The van der Waals surface area contributed by atoms with Crippen LogP contribution in [0.3, 0.4) is 0 Å². The summed E-state index contributed by atoms with van der Waals surface area (Å²) in [5.41, 5.74) is 0.830. The maximum atomic E-state index is 10.1. The van der Waals surface area contributed by atoms with Crippen molar-refractivity contribution < 1.29 is 5.11 Å². The Labute approximate surface area is 129 Å². The summed E-state index contributed by atoms with van der Waals surface area (Å²) in [6, 6.07) is 10.4. The molecule has 1 atom stereocenters. The normalized spacial score (nSPS) is 18.5. The highest BCUT2D eigenvalue weighted by atomic mass is 16.3. The van der Waals surface area contributed by atoms with Crippen LogP contribution in [0.1, 0.15) is 38.2 Å². The molecule has 0 aliphatic heterocycles. The molecule has 1 fully saturated rings. The topological polar surface area (TPSA) is 35.5 Å². The van der Waals surface area contributed by atoms with Crippen molar-refractivity contribution in [3.63, 3.8) is 0 Å².